The van der Waals surface area contributed by atoms with E-state index in [1.807, 2.05) is 29.9 Å². The Morgan fingerprint density at radius 3 is 2.76 bits per heavy atom. The highest BCUT2D eigenvalue weighted by Crippen LogP contribution is 2.32. The number of hydrogen-bond acceptors (Lipinski definition) is 7. The molecule has 1 fully saturated rings. The topological polar surface area (TPSA) is 97.2 Å². The number of benzene rings is 1. The molecular formula is C24H29N7O2. The Morgan fingerprint density at radius 1 is 1.18 bits per heavy atom. The molecule has 172 valence electrons. The first-order valence-corrected chi connectivity index (χ1v) is 11.4. The van der Waals surface area contributed by atoms with Crippen molar-refractivity contribution >= 4 is 29.0 Å². The molecule has 5 rings (SSSR count). The molecule has 1 amide bonds. The Morgan fingerprint density at radius 2 is 2.00 bits per heavy atom. The number of fused-ring (bicyclic) bond motifs is 1. The number of nitrogens with zero attached hydrogens (tertiary/aromatic N) is 5. The van der Waals surface area contributed by atoms with Crippen molar-refractivity contribution in [3.05, 3.63) is 53.5 Å². The van der Waals surface area contributed by atoms with Crippen LogP contribution in [0.25, 0.3) is 0 Å². The summed E-state index contributed by atoms with van der Waals surface area (Å²) in [7, 11) is 1.68. The Kier molecular flexibility index (Phi) is 5.95. The molecule has 3 heterocycles. The summed E-state index contributed by atoms with van der Waals surface area (Å²) >= 11 is 0. The van der Waals surface area contributed by atoms with Crippen LogP contribution in [0.3, 0.4) is 0 Å². The number of carbonyl (C=O) groups is 1. The van der Waals surface area contributed by atoms with Gasteiger partial charge in [-0.2, -0.15) is 10.1 Å². The highest BCUT2D eigenvalue weighted by atomic mass is 16.5. The first kappa shape index (κ1) is 21.4. The van der Waals surface area contributed by atoms with E-state index in [0.717, 1.165) is 55.2 Å². The summed E-state index contributed by atoms with van der Waals surface area (Å²) in [6.07, 6.45) is 6.64. The van der Waals surface area contributed by atoms with Gasteiger partial charge in [-0.25, -0.2) is 4.98 Å². The number of amides is 1. The van der Waals surface area contributed by atoms with Gasteiger partial charge in [-0.05, 0) is 43.9 Å². The summed E-state index contributed by atoms with van der Waals surface area (Å²) in [4.78, 5) is 23.7. The highest BCUT2D eigenvalue weighted by molar-refractivity contribution is 5.94. The van der Waals surface area contributed by atoms with E-state index >= 15 is 0 Å². The molecule has 0 saturated heterocycles. The van der Waals surface area contributed by atoms with Gasteiger partial charge in [0, 0.05) is 49.3 Å². The minimum absolute atomic E-state index is 0.132. The van der Waals surface area contributed by atoms with E-state index in [0.29, 0.717) is 19.1 Å². The maximum Gasteiger partial charge on any atom is 0.229 e. The summed E-state index contributed by atoms with van der Waals surface area (Å²) in [5.41, 5.74) is 5.07. The van der Waals surface area contributed by atoms with Gasteiger partial charge in [-0.1, -0.05) is 12.1 Å². The minimum Gasteiger partial charge on any atom is -0.383 e. The first-order chi connectivity index (χ1) is 16.1. The molecule has 1 aliphatic carbocycles. The lowest BCUT2D eigenvalue weighted by Crippen LogP contribution is -2.21. The number of carbonyl (C=O) groups excluding carboxylic acids is 1. The third kappa shape index (κ3) is 4.98. The Bertz CT molecular complexity index is 1140. The fraction of sp³-hybridized carbons (Fsp3) is 0.417. The normalized spacial score (nSPS) is 14.9. The second-order valence-electron chi connectivity index (χ2n) is 8.68. The van der Waals surface area contributed by atoms with Crippen molar-refractivity contribution in [1.82, 2.24) is 19.7 Å². The average molecular weight is 448 g/mol. The van der Waals surface area contributed by atoms with Gasteiger partial charge in [0.2, 0.25) is 11.9 Å². The van der Waals surface area contributed by atoms with Crippen LogP contribution in [0.15, 0.2) is 36.7 Å². The van der Waals surface area contributed by atoms with E-state index in [4.69, 9.17) is 9.72 Å². The SMILES string of the molecule is COCCn1cc(Nc2nc(C)c3c(n2)N(Cc2ccc(NC(=O)C4CC4)cc2)CC3)cn1. The van der Waals surface area contributed by atoms with Crippen LogP contribution >= 0.6 is 0 Å². The molecule has 1 aliphatic heterocycles. The third-order valence-electron chi connectivity index (χ3n) is 6.08. The zero-order chi connectivity index (χ0) is 22.8. The number of aromatic nitrogens is 4. The van der Waals surface area contributed by atoms with Crippen molar-refractivity contribution in [3.8, 4) is 0 Å². The van der Waals surface area contributed by atoms with Crippen LogP contribution < -0.4 is 15.5 Å². The van der Waals surface area contributed by atoms with Crippen molar-refractivity contribution in [3.63, 3.8) is 0 Å². The molecule has 0 radical (unpaired) electrons. The quantitative estimate of drug-likeness (QED) is 0.519. The standard InChI is InChI=1S/C24H29N7O2/c1-16-21-9-10-30(14-17-3-7-19(8-4-17)27-23(32)18-5-6-18)22(21)29-24(26-16)28-20-13-25-31(15-20)11-12-33-2/h3-4,7-8,13,15,18H,5-6,9-12,14H2,1-2H3,(H,27,32)(H,26,28,29). The number of nitrogens with one attached hydrogen (secondary N) is 2. The van der Waals surface area contributed by atoms with Gasteiger partial charge in [0.15, 0.2) is 0 Å². The van der Waals surface area contributed by atoms with Crippen LogP contribution in [0.5, 0.6) is 0 Å². The van der Waals surface area contributed by atoms with Crippen LogP contribution in [0.1, 0.15) is 29.7 Å². The molecule has 2 N–H and O–H groups in total. The third-order valence-corrected chi connectivity index (χ3v) is 6.08. The van der Waals surface area contributed by atoms with Crippen LogP contribution in [-0.4, -0.2) is 45.9 Å². The summed E-state index contributed by atoms with van der Waals surface area (Å²) in [6.45, 7) is 5.00. The predicted molar refractivity (Wildman–Crippen MR) is 127 cm³/mol. The summed E-state index contributed by atoms with van der Waals surface area (Å²) in [6, 6.07) is 8.10. The van der Waals surface area contributed by atoms with Gasteiger partial charge < -0.3 is 20.3 Å². The molecule has 0 atom stereocenters. The van der Waals surface area contributed by atoms with Gasteiger partial charge in [-0.15, -0.1) is 0 Å². The van der Waals surface area contributed by atoms with Gasteiger partial charge in [0.25, 0.3) is 0 Å². The number of ether oxygens (including phenoxy) is 1. The molecular weight excluding hydrogens is 418 g/mol. The van der Waals surface area contributed by atoms with Crippen LogP contribution in [0, 0.1) is 12.8 Å². The molecule has 0 unspecified atom stereocenters. The smallest absolute Gasteiger partial charge is 0.229 e. The van der Waals surface area contributed by atoms with Crippen LogP contribution in [0.2, 0.25) is 0 Å². The molecule has 1 saturated carbocycles. The van der Waals surface area contributed by atoms with Gasteiger partial charge in [-0.3, -0.25) is 9.48 Å². The van der Waals surface area contributed by atoms with Crippen molar-refractivity contribution < 1.29 is 9.53 Å². The summed E-state index contributed by atoms with van der Waals surface area (Å²) < 4.78 is 6.93. The number of rotatable bonds is 9. The zero-order valence-electron chi connectivity index (χ0n) is 19.0. The summed E-state index contributed by atoms with van der Waals surface area (Å²) in [5, 5.41) is 10.6. The van der Waals surface area contributed by atoms with E-state index in [-0.39, 0.29) is 11.8 Å². The van der Waals surface area contributed by atoms with Crippen LogP contribution in [0.4, 0.5) is 23.1 Å². The first-order valence-electron chi connectivity index (χ1n) is 11.4. The number of anilines is 4. The monoisotopic (exact) mass is 447 g/mol. The van der Waals surface area contributed by atoms with Crippen molar-refractivity contribution in [2.75, 3.05) is 35.8 Å². The molecule has 1 aromatic carbocycles. The van der Waals surface area contributed by atoms with E-state index in [1.165, 1.54) is 11.1 Å². The number of hydrogen-bond donors (Lipinski definition) is 2. The predicted octanol–water partition coefficient (Wildman–Crippen LogP) is 3.28. The fourth-order valence-electron chi connectivity index (χ4n) is 4.07. The Hall–Kier alpha value is -3.46. The van der Waals surface area contributed by atoms with E-state index in [2.05, 4.69) is 37.7 Å². The maximum atomic E-state index is 12.0. The van der Waals surface area contributed by atoms with E-state index < -0.39 is 0 Å². The molecule has 2 aliphatic rings. The lowest BCUT2D eigenvalue weighted by Gasteiger charge is -2.19. The van der Waals surface area contributed by atoms with Crippen molar-refractivity contribution in [2.24, 2.45) is 5.92 Å². The highest BCUT2D eigenvalue weighted by Gasteiger charge is 2.29. The maximum absolute atomic E-state index is 12.0. The minimum atomic E-state index is 0.132. The molecule has 33 heavy (non-hydrogen) atoms. The second-order valence-corrected chi connectivity index (χ2v) is 8.68. The Labute approximate surface area is 193 Å². The van der Waals surface area contributed by atoms with Gasteiger partial charge in [0.1, 0.15) is 5.82 Å². The van der Waals surface area contributed by atoms with E-state index in [1.54, 1.807) is 13.3 Å². The van der Waals surface area contributed by atoms with Crippen molar-refractivity contribution in [1.29, 1.82) is 0 Å². The lowest BCUT2D eigenvalue weighted by molar-refractivity contribution is -0.117. The molecule has 9 heteroatoms. The van der Waals surface area contributed by atoms with Gasteiger partial charge >= 0.3 is 0 Å². The largest absolute Gasteiger partial charge is 0.383 e. The molecule has 0 bridgehead atoms. The lowest BCUT2D eigenvalue weighted by atomic mass is 10.2. The Balaban J connectivity index is 1.27. The number of methoxy groups -OCH3 is 1. The molecule has 3 aromatic rings. The zero-order valence-corrected chi connectivity index (χ0v) is 19.0. The van der Waals surface area contributed by atoms with Crippen molar-refractivity contribution in [2.45, 2.75) is 39.3 Å². The molecule has 2 aromatic heterocycles. The van der Waals surface area contributed by atoms with Crippen LogP contribution in [-0.2, 0) is 29.0 Å². The average Bonchev–Trinajstić information content (AvgIpc) is 3.45. The summed E-state index contributed by atoms with van der Waals surface area (Å²) in [5.74, 6) is 1.88. The fourth-order valence-corrected chi connectivity index (χ4v) is 4.07. The van der Waals surface area contributed by atoms with E-state index in [9.17, 15) is 4.79 Å². The molecule has 9 nitrogen and oxygen atoms in total. The second kappa shape index (κ2) is 9.19. The number of aryl methyl sites for hydroxylation is 1. The van der Waals surface area contributed by atoms with Gasteiger partial charge in [0.05, 0.1) is 25.0 Å². The molecule has 0 spiro atoms.